The van der Waals surface area contributed by atoms with E-state index < -0.39 is 4.92 Å². The zero-order valence-electron chi connectivity index (χ0n) is 11.9. The number of amides is 1. The van der Waals surface area contributed by atoms with Crippen molar-refractivity contribution in [2.75, 3.05) is 11.6 Å². The predicted molar refractivity (Wildman–Crippen MR) is 89.0 cm³/mol. The first kappa shape index (κ1) is 15.8. The van der Waals surface area contributed by atoms with E-state index in [1.807, 2.05) is 30.5 Å². The van der Waals surface area contributed by atoms with Gasteiger partial charge in [-0.2, -0.15) is 0 Å². The van der Waals surface area contributed by atoms with E-state index in [1.165, 1.54) is 18.2 Å². The maximum atomic E-state index is 11.8. The number of thioether (sulfide) groups is 1. The summed E-state index contributed by atoms with van der Waals surface area (Å²) in [4.78, 5) is 23.2. The van der Waals surface area contributed by atoms with Gasteiger partial charge in [0.15, 0.2) is 0 Å². The fraction of sp³-hybridized carbons (Fsp3) is 0.0625. The lowest BCUT2D eigenvalue weighted by Gasteiger charge is -2.03. The maximum absolute atomic E-state index is 11.8. The molecular formula is C16H14N2O3S. The van der Waals surface area contributed by atoms with Crippen molar-refractivity contribution >= 4 is 35.1 Å². The summed E-state index contributed by atoms with van der Waals surface area (Å²) in [7, 11) is 0. The monoisotopic (exact) mass is 314 g/mol. The number of nitrogens with zero attached hydrogens (tertiary/aromatic N) is 1. The van der Waals surface area contributed by atoms with Crippen molar-refractivity contribution in [3.8, 4) is 0 Å². The largest absolute Gasteiger partial charge is 0.323 e. The number of hydrogen-bond donors (Lipinski definition) is 1. The molecule has 0 bridgehead atoms. The highest BCUT2D eigenvalue weighted by molar-refractivity contribution is 7.98. The number of non-ortho nitro benzene ring substituents is 1. The van der Waals surface area contributed by atoms with Crippen LogP contribution in [0.1, 0.15) is 5.56 Å². The number of benzene rings is 2. The molecule has 112 valence electrons. The van der Waals surface area contributed by atoms with E-state index in [0.29, 0.717) is 11.3 Å². The highest BCUT2D eigenvalue weighted by atomic mass is 32.2. The number of carbonyl (C=O) groups excluding carboxylic acids is 1. The van der Waals surface area contributed by atoms with Crippen LogP contribution in [0.4, 0.5) is 11.4 Å². The number of rotatable bonds is 5. The molecule has 0 aromatic heterocycles. The van der Waals surface area contributed by atoms with Gasteiger partial charge in [-0.25, -0.2) is 0 Å². The van der Waals surface area contributed by atoms with Crippen molar-refractivity contribution < 1.29 is 9.72 Å². The van der Waals surface area contributed by atoms with Crippen LogP contribution in [0.25, 0.3) is 6.08 Å². The molecule has 0 aliphatic carbocycles. The Morgan fingerprint density at radius 2 is 1.95 bits per heavy atom. The van der Waals surface area contributed by atoms with Crippen molar-refractivity contribution in [2.45, 2.75) is 4.90 Å². The van der Waals surface area contributed by atoms with Crippen molar-refractivity contribution in [3.63, 3.8) is 0 Å². The van der Waals surface area contributed by atoms with Gasteiger partial charge in [0.2, 0.25) is 5.91 Å². The molecule has 1 amide bonds. The Kier molecular flexibility index (Phi) is 5.32. The van der Waals surface area contributed by atoms with Gasteiger partial charge in [0.05, 0.1) is 4.92 Å². The minimum absolute atomic E-state index is 0.00443. The molecule has 0 aliphatic rings. The van der Waals surface area contributed by atoms with Crippen molar-refractivity contribution in [1.29, 1.82) is 0 Å². The molecule has 0 fully saturated rings. The van der Waals surface area contributed by atoms with Crippen LogP contribution in [0.2, 0.25) is 0 Å². The van der Waals surface area contributed by atoms with Gasteiger partial charge in [0.1, 0.15) is 0 Å². The molecule has 0 spiro atoms. The third kappa shape index (κ3) is 4.46. The molecule has 2 aromatic carbocycles. The van der Waals surface area contributed by atoms with Crippen LogP contribution >= 0.6 is 11.8 Å². The van der Waals surface area contributed by atoms with Gasteiger partial charge < -0.3 is 5.32 Å². The van der Waals surface area contributed by atoms with E-state index in [9.17, 15) is 14.9 Å². The summed E-state index contributed by atoms with van der Waals surface area (Å²) < 4.78 is 0. The fourth-order valence-electron chi connectivity index (χ4n) is 1.77. The number of nitrogens with one attached hydrogen (secondary N) is 1. The molecule has 0 heterocycles. The Morgan fingerprint density at radius 3 is 2.59 bits per heavy atom. The number of hydrogen-bond acceptors (Lipinski definition) is 4. The average molecular weight is 314 g/mol. The van der Waals surface area contributed by atoms with Gasteiger partial charge in [-0.1, -0.05) is 12.1 Å². The molecule has 0 unspecified atom stereocenters. The summed E-state index contributed by atoms with van der Waals surface area (Å²) in [5.74, 6) is -0.289. The number of nitro benzene ring substituents is 1. The Morgan fingerprint density at radius 1 is 1.23 bits per heavy atom. The second-order valence-corrected chi connectivity index (χ2v) is 5.28. The summed E-state index contributed by atoms with van der Waals surface area (Å²) >= 11 is 1.63. The van der Waals surface area contributed by atoms with Crippen LogP contribution in [0, 0.1) is 10.1 Å². The van der Waals surface area contributed by atoms with Crippen LogP contribution in [0.3, 0.4) is 0 Å². The maximum Gasteiger partial charge on any atom is 0.270 e. The first-order valence-corrected chi connectivity index (χ1v) is 7.68. The lowest BCUT2D eigenvalue weighted by Crippen LogP contribution is -2.07. The minimum Gasteiger partial charge on any atom is -0.323 e. The second-order valence-electron chi connectivity index (χ2n) is 4.40. The Balaban J connectivity index is 2.01. The molecule has 0 saturated carbocycles. The van der Waals surface area contributed by atoms with E-state index in [-0.39, 0.29) is 11.6 Å². The Hall–Kier alpha value is -2.60. The molecule has 2 aromatic rings. The quantitative estimate of drug-likeness (QED) is 0.392. The smallest absolute Gasteiger partial charge is 0.270 e. The second kappa shape index (κ2) is 7.42. The van der Waals surface area contributed by atoms with Gasteiger partial charge in [-0.15, -0.1) is 11.8 Å². The molecule has 0 atom stereocenters. The van der Waals surface area contributed by atoms with Gasteiger partial charge in [-0.3, -0.25) is 14.9 Å². The van der Waals surface area contributed by atoms with E-state index in [2.05, 4.69) is 5.32 Å². The summed E-state index contributed by atoms with van der Waals surface area (Å²) in [5, 5.41) is 13.4. The summed E-state index contributed by atoms with van der Waals surface area (Å²) in [6, 6.07) is 13.6. The van der Waals surface area contributed by atoms with Crippen LogP contribution in [0.15, 0.2) is 59.5 Å². The van der Waals surface area contributed by atoms with Gasteiger partial charge in [0, 0.05) is 28.8 Å². The van der Waals surface area contributed by atoms with E-state index in [1.54, 1.807) is 30.0 Å². The van der Waals surface area contributed by atoms with Gasteiger partial charge >= 0.3 is 0 Å². The number of nitro groups is 1. The molecular weight excluding hydrogens is 300 g/mol. The summed E-state index contributed by atoms with van der Waals surface area (Å²) in [6.07, 6.45) is 4.87. The molecule has 0 saturated heterocycles. The first-order valence-electron chi connectivity index (χ1n) is 6.46. The van der Waals surface area contributed by atoms with E-state index >= 15 is 0 Å². The lowest BCUT2D eigenvalue weighted by molar-refractivity contribution is -0.384. The van der Waals surface area contributed by atoms with E-state index in [4.69, 9.17) is 0 Å². The standard InChI is InChI=1S/C16H14N2O3S/c1-22-15-8-6-13(7-9-15)17-16(19)10-5-12-3-2-4-14(11-12)18(20)21/h2-11H,1H3,(H,17,19)/b10-5+. The Bertz CT molecular complexity index is 712. The summed E-state index contributed by atoms with van der Waals surface area (Å²) in [5.41, 5.74) is 1.30. The normalized spacial score (nSPS) is 10.6. The minimum atomic E-state index is -0.468. The average Bonchev–Trinajstić information content (AvgIpc) is 2.54. The molecule has 0 aliphatic heterocycles. The van der Waals surface area contributed by atoms with Crippen LogP contribution < -0.4 is 5.32 Å². The van der Waals surface area contributed by atoms with Crippen LogP contribution in [-0.4, -0.2) is 17.1 Å². The van der Waals surface area contributed by atoms with Crippen molar-refractivity contribution in [2.24, 2.45) is 0 Å². The third-order valence-electron chi connectivity index (χ3n) is 2.87. The van der Waals surface area contributed by atoms with Gasteiger partial charge in [-0.05, 0) is 42.2 Å². The van der Waals surface area contributed by atoms with E-state index in [0.717, 1.165) is 4.90 Å². The molecule has 2 rings (SSSR count). The lowest BCUT2D eigenvalue weighted by atomic mass is 10.2. The van der Waals surface area contributed by atoms with Crippen LogP contribution in [-0.2, 0) is 4.79 Å². The van der Waals surface area contributed by atoms with Crippen molar-refractivity contribution in [1.82, 2.24) is 0 Å². The zero-order chi connectivity index (χ0) is 15.9. The molecule has 6 heteroatoms. The summed E-state index contributed by atoms with van der Waals surface area (Å²) in [6.45, 7) is 0. The Labute approximate surface area is 132 Å². The molecule has 22 heavy (non-hydrogen) atoms. The number of anilines is 1. The predicted octanol–water partition coefficient (Wildman–Crippen LogP) is 3.97. The molecule has 5 nitrogen and oxygen atoms in total. The van der Waals surface area contributed by atoms with Crippen molar-refractivity contribution in [3.05, 3.63) is 70.3 Å². The molecule has 0 radical (unpaired) electrons. The fourth-order valence-corrected chi connectivity index (χ4v) is 2.18. The topological polar surface area (TPSA) is 72.2 Å². The molecule has 1 N–H and O–H groups in total. The number of carbonyl (C=O) groups is 1. The first-order chi connectivity index (χ1) is 10.6. The highest BCUT2D eigenvalue weighted by Crippen LogP contribution is 2.18. The van der Waals surface area contributed by atoms with Crippen LogP contribution in [0.5, 0.6) is 0 Å². The SMILES string of the molecule is CSc1ccc(NC(=O)/C=C/c2cccc([N+](=O)[O-])c2)cc1. The third-order valence-corrected chi connectivity index (χ3v) is 3.61. The van der Waals surface area contributed by atoms with Gasteiger partial charge in [0.25, 0.3) is 5.69 Å². The zero-order valence-corrected chi connectivity index (χ0v) is 12.7. The highest BCUT2D eigenvalue weighted by Gasteiger charge is 2.04.